The number of alkyl halides is 2. The van der Waals surface area contributed by atoms with Crippen LogP contribution in [0.1, 0.15) is 49.1 Å². The molecule has 0 atom stereocenters. The summed E-state index contributed by atoms with van der Waals surface area (Å²) in [7, 11) is 0. The van der Waals surface area contributed by atoms with E-state index in [4.69, 9.17) is 5.26 Å². The van der Waals surface area contributed by atoms with Gasteiger partial charge in [-0.1, -0.05) is 24.3 Å². The molecular weight excluding hydrogens is 256 g/mol. The van der Waals surface area contributed by atoms with Gasteiger partial charge in [-0.15, -0.1) is 0 Å². The molecule has 1 aliphatic carbocycles. The number of benzene rings is 1. The van der Waals surface area contributed by atoms with Crippen molar-refractivity contribution >= 4 is 0 Å². The van der Waals surface area contributed by atoms with Crippen molar-refractivity contribution in [3.63, 3.8) is 0 Å². The topological polar surface area (TPSA) is 23.8 Å². The first-order valence-corrected chi connectivity index (χ1v) is 7.14. The van der Waals surface area contributed by atoms with Gasteiger partial charge in [0.1, 0.15) is 0 Å². The molecule has 0 N–H and O–H groups in total. The fourth-order valence-corrected chi connectivity index (χ4v) is 2.85. The van der Waals surface area contributed by atoms with Gasteiger partial charge in [0, 0.05) is 6.42 Å². The molecule has 106 valence electrons. The predicted molar refractivity (Wildman–Crippen MR) is 75.6 cm³/mol. The highest BCUT2D eigenvalue weighted by Crippen LogP contribution is 2.36. The maximum absolute atomic E-state index is 12.1. The molecule has 1 fully saturated rings. The summed E-state index contributed by atoms with van der Waals surface area (Å²) >= 11 is 0. The Labute approximate surface area is 118 Å². The van der Waals surface area contributed by atoms with Gasteiger partial charge in [0.15, 0.2) is 0 Å². The van der Waals surface area contributed by atoms with Crippen LogP contribution in [0, 0.1) is 17.2 Å². The summed E-state index contributed by atoms with van der Waals surface area (Å²) in [6.07, 6.45) is 5.52. The maximum atomic E-state index is 12.1. The molecule has 2 rings (SSSR count). The summed E-state index contributed by atoms with van der Waals surface area (Å²) in [5.41, 5.74) is 1.98. The van der Waals surface area contributed by atoms with E-state index in [-0.39, 0.29) is 6.42 Å². The van der Waals surface area contributed by atoms with Crippen LogP contribution in [-0.2, 0) is 0 Å². The zero-order valence-corrected chi connectivity index (χ0v) is 11.4. The second-order valence-electron chi connectivity index (χ2n) is 5.40. The summed E-state index contributed by atoms with van der Waals surface area (Å²) in [6.45, 7) is 0. The largest absolute Gasteiger partial charge is 0.242 e. The summed E-state index contributed by atoms with van der Waals surface area (Å²) in [6, 6.07) is 9.93. The predicted octanol–water partition coefficient (Wildman–Crippen LogP) is 5.04. The lowest BCUT2D eigenvalue weighted by atomic mass is 9.78. The van der Waals surface area contributed by atoms with E-state index < -0.39 is 6.43 Å². The molecule has 1 aromatic carbocycles. The van der Waals surface area contributed by atoms with Gasteiger partial charge in [-0.05, 0) is 55.2 Å². The molecule has 20 heavy (non-hydrogen) atoms. The van der Waals surface area contributed by atoms with E-state index in [0.717, 1.165) is 25.7 Å². The molecular formula is C17H19F2N. The van der Waals surface area contributed by atoms with E-state index >= 15 is 0 Å². The van der Waals surface area contributed by atoms with Crippen LogP contribution in [0.4, 0.5) is 8.78 Å². The molecule has 0 amide bonds. The standard InChI is InChI=1S/C17H19F2N/c18-17(19)3-1-2-13-4-8-15(9-5-13)16-10-6-14(12-20)7-11-16/h1-2,6-7,10-11,13,15,17H,3-5,8-9H2/t13-,15-. The van der Waals surface area contributed by atoms with E-state index in [1.807, 2.05) is 30.3 Å². The molecule has 0 unspecified atom stereocenters. The van der Waals surface area contributed by atoms with Crippen LogP contribution in [-0.4, -0.2) is 6.43 Å². The molecule has 0 saturated heterocycles. The van der Waals surface area contributed by atoms with E-state index in [9.17, 15) is 8.78 Å². The fourth-order valence-electron chi connectivity index (χ4n) is 2.85. The van der Waals surface area contributed by atoms with Gasteiger partial charge in [-0.2, -0.15) is 5.26 Å². The quantitative estimate of drug-likeness (QED) is 0.706. The highest BCUT2D eigenvalue weighted by atomic mass is 19.3. The SMILES string of the molecule is N#Cc1ccc([C@H]2CC[C@H](C=CCC(F)F)CC2)cc1. The van der Waals surface area contributed by atoms with Crippen molar-refractivity contribution in [1.29, 1.82) is 5.26 Å². The van der Waals surface area contributed by atoms with Crippen LogP contribution in [0.25, 0.3) is 0 Å². The van der Waals surface area contributed by atoms with Crippen molar-refractivity contribution < 1.29 is 8.78 Å². The second-order valence-corrected chi connectivity index (χ2v) is 5.40. The number of nitrogens with zero attached hydrogens (tertiary/aromatic N) is 1. The second kappa shape index (κ2) is 7.19. The number of hydrogen-bond acceptors (Lipinski definition) is 1. The third kappa shape index (κ3) is 4.16. The van der Waals surface area contributed by atoms with Crippen molar-refractivity contribution in [1.82, 2.24) is 0 Å². The molecule has 3 heteroatoms. The molecule has 0 heterocycles. The lowest BCUT2D eigenvalue weighted by molar-refractivity contribution is 0.152. The molecule has 1 aliphatic rings. The Kier molecular flexibility index (Phi) is 5.29. The van der Waals surface area contributed by atoms with Gasteiger partial charge in [0.2, 0.25) is 6.43 Å². The Morgan fingerprint density at radius 2 is 1.80 bits per heavy atom. The van der Waals surface area contributed by atoms with Gasteiger partial charge in [-0.25, -0.2) is 8.78 Å². The lowest BCUT2D eigenvalue weighted by Crippen LogP contribution is -2.11. The Bertz CT molecular complexity index is 477. The third-order valence-corrected chi connectivity index (χ3v) is 4.01. The zero-order valence-electron chi connectivity index (χ0n) is 11.4. The fraction of sp³-hybridized carbons (Fsp3) is 0.471. The van der Waals surface area contributed by atoms with Crippen molar-refractivity contribution in [2.75, 3.05) is 0 Å². The number of allylic oxidation sites excluding steroid dienone is 2. The molecule has 0 aliphatic heterocycles. The molecule has 0 spiro atoms. The van der Waals surface area contributed by atoms with E-state index in [2.05, 4.69) is 6.07 Å². The van der Waals surface area contributed by atoms with Crippen LogP contribution in [0.15, 0.2) is 36.4 Å². The monoisotopic (exact) mass is 275 g/mol. The highest BCUT2D eigenvalue weighted by Gasteiger charge is 2.20. The first-order chi connectivity index (χ1) is 9.69. The zero-order chi connectivity index (χ0) is 14.4. The molecule has 1 aromatic rings. The van der Waals surface area contributed by atoms with Crippen LogP contribution in [0.5, 0.6) is 0 Å². The summed E-state index contributed by atoms with van der Waals surface area (Å²) in [5.74, 6) is 0.992. The molecule has 0 bridgehead atoms. The van der Waals surface area contributed by atoms with Gasteiger partial charge in [-0.3, -0.25) is 0 Å². The minimum Gasteiger partial charge on any atom is -0.210 e. The average Bonchev–Trinajstić information content (AvgIpc) is 2.48. The highest BCUT2D eigenvalue weighted by molar-refractivity contribution is 5.33. The summed E-state index contributed by atoms with van der Waals surface area (Å²) < 4.78 is 24.1. The van der Waals surface area contributed by atoms with Crippen LogP contribution in [0.2, 0.25) is 0 Å². The van der Waals surface area contributed by atoms with Gasteiger partial charge >= 0.3 is 0 Å². The Balaban J connectivity index is 1.84. The Morgan fingerprint density at radius 3 is 2.35 bits per heavy atom. The number of halogens is 2. The Morgan fingerprint density at radius 1 is 1.15 bits per heavy atom. The van der Waals surface area contributed by atoms with Crippen LogP contribution < -0.4 is 0 Å². The minimum atomic E-state index is -2.23. The Hall–Kier alpha value is -1.69. The molecule has 1 saturated carbocycles. The average molecular weight is 275 g/mol. The van der Waals surface area contributed by atoms with Crippen molar-refractivity contribution in [2.45, 2.75) is 44.4 Å². The number of hydrogen-bond donors (Lipinski definition) is 0. The van der Waals surface area contributed by atoms with E-state index in [1.165, 1.54) is 5.56 Å². The smallest absolute Gasteiger partial charge is 0.210 e. The molecule has 0 radical (unpaired) electrons. The molecule has 0 aromatic heterocycles. The lowest BCUT2D eigenvalue weighted by Gasteiger charge is -2.27. The van der Waals surface area contributed by atoms with Crippen molar-refractivity contribution in [3.8, 4) is 6.07 Å². The summed E-state index contributed by atoms with van der Waals surface area (Å²) in [5, 5.41) is 8.78. The van der Waals surface area contributed by atoms with Crippen molar-refractivity contribution in [2.24, 2.45) is 5.92 Å². The van der Waals surface area contributed by atoms with Gasteiger partial charge in [0.25, 0.3) is 0 Å². The summed E-state index contributed by atoms with van der Waals surface area (Å²) in [4.78, 5) is 0. The van der Waals surface area contributed by atoms with Gasteiger partial charge < -0.3 is 0 Å². The molecule has 1 nitrogen and oxygen atoms in total. The normalized spacial score (nSPS) is 23.1. The number of rotatable bonds is 4. The van der Waals surface area contributed by atoms with Crippen LogP contribution >= 0.6 is 0 Å². The van der Waals surface area contributed by atoms with Crippen LogP contribution in [0.3, 0.4) is 0 Å². The van der Waals surface area contributed by atoms with Gasteiger partial charge in [0.05, 0.1) is 11.6 Å². The van der Waals surface area contributed by atoms with Crippen molar-refractivity contribution in [3.05, 3.63) is 47.5 Å². The van der Waals surface area contributed by atoms with E-state index in [1.54, 1.807) is 6.08 Å². The first kappa shape index (κ1) is 14.7. The number of nitriles is 1. The maximum Gasteiger partial charge on any atom is 0.242 e. The minimum absolute atomic E-state index is 0.129. The van der Waals surface area contributed by atoms with E-state index in [0.29, 0.717) is 17.4 Å². The third-order valence-electron chi connectivity index (χ3n) is 4.01. The first-order valence-electron chi connectivity index (χ1n) is 7.14.